The lowest BCUT2D eigenvalue weighted by molar-refractivity contribution is -0.143. The third kappa shape index (κ3) is 3.96. The van der Waals surface area contributed by atoms with Gasteiger partial charge >= 0.3 is 12.4 Å². The zero-order valence-corrected chi connectivity index (χ0v) is 10.5. The smallest absolute Gasteiger partial charge is 0.264 e. The van der Waals surface area contributed by atoms with Gasteiger partial charge in [0.2, 0.25) is 0 Å². The standard InChI is InChI=1S/C14H9F6N/c15-13(16,17)11-5-10(4-9-2-1-3-21-8-9)6-12(7-11)14(18,19)20/h1-3,5-8H,4H2. The zero-order valence-electron chi connectivity index (χ0n) is 10.5. The summed E-state index contributed by atoms with van der Waals surface area (Å²) in [6, 6.07) is 4.71. The Hall–Kier alpha value is -2.05. The van der Waals surface area contributed by atoms with Gasteiger partial charge in [0.1, 0.15) is 0 Å². The van der Waals surface area contributed by atoms with E-state index in [1.165, 1.54) is 12.4 Å². The van der Waals surface area contributed by atoms with Crippen molar-refractivity contribution in [2.24, 2.45) is 0 Å². The third-order valence-electron chi connectivity index (χ3n) is 2.78. The SMILES string of the molecule is FC(F)(F)c1cc(Cc2cccnc2)cc(C(F)(F)F)c1. The van der Waals surface area contributed by atoms with Crippen molar-refractivity contribution in [3.63, 3.8) is 0 Å². The minimum atomic E-state index is -4.83. The van der Waals surface area contributed by atoms with Crippen LogP contribution in [0.1, 0.15) is 22.3 Å². The summed E-state index contributed by atoms with van der Waals surface area (Å²) in [5.74, 6) is 0. The molecule has 21 heavy (non-hydrogen) atoms. The lowest BCUT2D eigenvalue weighted by atomic mass is 10.00. The third-order valence-corrected chi connectivity index (χ3v) is 2.78. The molecule has 1 nitrogen and oxygen atoms in total. The van der Waals surface area contributed by atoms with Gasteiger partial charge in [-0.3, -0.25) is 4.98 Å². The molecule has 7 heteroatoms. The second-order valence-corrected chi connectivity index (χ2v) is 4.45. The summed E-state index contributed by atoms with van der Waals surface area (Å²) in [5.41, 5.74) is -2.15. The maximum absolute atomic E-state index is 12.7. The molecule has 0 saturated carbocycles. The normalized spacial score (nSPS) is 12.5. The summed E-state index contributed by atoms with van der Waals surface area (Å²) >= 11 is 0. The molecule has 0 spiro atoms. The first-order chi connectivity index (χ1) is 9.66. The van der Waals surface area contributed by atoms with Crippen molar-refractivity contribution >= 4 is 0 Å². The fourth-order valence-corrected chi connectivity index (χ4v) is 1.86. The van der Waals surface area contributed by atoms with Gasteiger partial charge in [0.15, 0.2) is 0 Å². The summed E-state index contributed by atoms with van der Waals surface area (Å²) in [6.45, 7) is 0. The molecule has 0 amide bonds. The maximum atomic E-state index is 12.7. The number of hydrogen-bond acceptors (Lipinski definition) is 1. The topological polar surface area (TPSA) is 12.9 Å². The Morgan fingerprint density at radius 1 is 0.810 bits per heavy atom. The monoisotopic (exact) mass is 305 g/mol. The van der Waals surface area contributed by atoms with Crippen molar-refractivity contribution in [2.75, 3.05) is 0 Å². The van der Waals surface area contributed by atoms with Crippen LogP contribution in [-0.4, -0.2) is 4.98 Å². The quantitative estimate of drug-likeness (QED) is 0.732. The Morgan fingerprint density at radius 3 is 1.81 bits per heavy atom. The first-order valence-electron chi connectivity index (χ1n) is 5.83. The van der Waals surface area contributed by atoms with Crippen LogP contribution in [0.3, 0.4) is 0 Å². The van der Waals surface area contributed by atoms with E-state index >= 15 is 0 Å². The van der Waals surface area contributed by atoms with E-state index in [4.69, 9.17) is 0 Å². The van der Waals surface area contributed by atoms with E-state index < -0.39 is 23.5 Å². The molecule has 112 valence electrons. The average molecular weight is 305 g/mol. The molecule has 0 aliphatic carbocycles. The maximum Gasteiger partial charge on any atom is 0.416 e. The van der Waals surface area contributed by atoms with Crippen LogP contribution in [0.25, 0.3) is 0 Å². The summed E-state index contributed by atoms with van der Waals surface area (Å²) in [7, 11) is 0. The van der Waals surface area contributed by atoms with Crippen molar-refractivity contribution in [3.8, 4) is 0 Å². The summed E-state index contributed by atoms with van der Waals surface area (Å²) < 4.78 is 76.2. The van der Waals surface area contributed by atoms with Gasteiger partial charge in [-0.2, -0.15) is 26.3 Å². The number of halogens is 6. The van der Waals surface area contributed by atoms with Crippen LogP contribution in [0.2, 0.25) is 0 Å². The second-order valence-electron chi connectivity index (χ2n) is 4.45. The Kier molecular flexibility index (Phi) is 3.93. The van der Waals surface area contributed by atoms with E-state index in [-0.39, 0.29) is 18.1 Å². The number of nitrogens with zero attached hydrogens (tertiary/aromatic N) is 1. The van der Waals surface area contributed by atoms with Crippen LogP contribution < -0.4 is 0 Å². The molecule has 0 aliphatic rings. The molecule has 0 N–H and O–H groups in total. The van der Waals surface area contributed by atoms with E-state index in [2.05, 4.69) is 4.98 Å². The van der Waals surface area contributed by atoms with Crippen LogP contribution in [-0.2, 0) is 18.8 Å². The number of hydrogen-bond donors (Lipinski definition) is 0. The largest absolute Gasteiger partial charge is 0.416 e. The fraction of sp³-hybridized carbons (Fsp3) is 0.214. The molecular formula is C14H9F6N. The first kappa shape index (κ1) is 15.3. The van der Waals surface area contributed by atoms with Crippen molar-refractivity contribution in [1.82, 2.24) is 4.98 Å². The van der Waals surface area contributed by atoms with Gasteiger partial charge in [-0.25, -0.2) is 0 Å². The van der Waals surface area contributed by atoms with Crippen molar-refractivity contribution in [2.45, 2.75) is 18.8 Å². The average Bonchev–Trinajstić information content (AvgIpc) is 2.37. The van der Waals surface area contributed by atoms with Gasteiger partial charge in [-0.1, -0.05) is 6.07 Å². The molecule has 0 unspecified atom stereocenters. The van der Waals surface area contributed by atoms with E-state index in [0.717, 1.165) is 12.1 Å². The minimum Gasteiger partial charge on any atom is -0.264 e. The Morgan fingerprint density at radius 2 is 1.38 bits per heavy atom. The van der Waals surface area contributed by atoms with E-state index in [0.29, 0.717) is 5.56 Å². The van der Waals surface area contributed by atoms with Crippen LogP contribution in [0.15, 0.2) is 42.7 Å². The predicted molar refractivity (Wildman–Crippen MR) is 63.5 cm³/mol. The Balaban J connectivity index is 2.45. The van der Waals surface area contributed by atoms with Gasteiger partial charge in [-0.05, 0) is 41.8 Å². The lowest BCUT2D eigenvalue weighted by Gasteiger charge is -2.14. The van der Waals surface area contributed by atoms with Crippen LogP contribution >= 0.6 is 0 Å². The first-order valence-corrected chi connectivity index (χ1v) is 5.83. The highest BCUT2D eigenvalue weighted by Gasteiger charge is 2.36. The molecule has 0 fully saturated rings. The molecule has 0 aliphatic heterocycles. The molecule has 1 aromatic heterocycles. The highest BCUT2D eigenvalue weighted by Crippen LogP contribution is 2.36. The summed E-state index contributed by atoms with van der Waals surface area (Å²) in [6.07, 6.45) is -6.85. The lowest BCUT2D eigenvalue weighted by Crippen LogP contribution is -2.12. The Bertz CT molecular complexity index is 583. The van der Waals surface area contributed by atoms with Gasteiger partial charge in [0, 0.05) is 12.4 Å². The fourth-order valence-electron chi connectivity index (χ4n) is 1.86. The van der Waals surface area contributed by atoms with Gasteiger partial charge in [-0.15, -0.1) is 0 Å². The number of alkyl halides is 6. The second kappa shape index (κ2) is 5.38. The molecule has 0 radical (unpaired) electrons. The van der Waals surface area contributed by atoms with Crippen molar-refractivity contribution < 1.29 is 26.3 Å². The summed E-state index contributed by atoms with van der Waals surface area (Å²) in [4.78, 5) is 3.78. The number of rotatable bonds is 2. The number of aromatic nitrogens is 1. The number of pyridine rings is 1. The molecule has 0 bridgehead atoms. The van der Waals surface area contributed by atoms with Crippen molar-refractivity contribution in [1.29, 1.82) is 0 Å². The molecule has 2 aromatic rings. The molecular weight excluding hydrogens is 296 g/mol. The van der Waals surface area contributed by atoms with E-state index in [1.54, 1.807) is 12.1 Å². The highest BCUT2D eigenvalue weighted by atomic mass is 19.4. The highest BCUT2D eigenvalue weighted by molar-refractivity contribution is 5.36. The minimum absolute atomic E-state index is 0.0547. The molecule has 1 aromatic carbocycles. The van der Waals surface area contributed by atoms with E-state index in [1.807, 2.05) is 0 Å². The van der Waals surface area contributed by atoms with Crippen molar-refractivity contribution in [3.05, 3.63) is 65.0 Å². The zero-order chi connectivity index (χ0) is 15.7. The van der Waals surface area contributed by atoms with Gasteiger partial charge in [0.25, 0.3) is 0 Å². The van der Waals surface area contributed by atoms with Crippen LogP contribution in [0.5, 0.6) is 0 Å². The summed E-state index contributed by atoms with van der Waals surface area (Å²) in [5, 5.41) is 0. The molecule has 0 saturated heterocycles. The van der Waals surface area contributed by atoms with Crippen LogP contribution in [0.4, 0.5) is 26.3 Å². The molecule has 1 heterocycles. The van der Waals surface area contributed by atoms with Gasteiger partial charge in [0.05, 0.1) is 11.1 Å². The number of benzene rings is 1. The van der Waals surface area contributed by atoms with Gasteiger partial charge < -0.3 is 0 Å². The Labute approximate surface area is 116 Å². The van der Waals surface area contributed by atoms with Crippen LogP contribution in [0, 0.1) is 0 Å². The predicted octanol–water partition coefficient (Wildman–Crippen LogP) is 4.71. The molecule has 2 rings (SSSR count). The molecule has 0 atom stereocenters. The van der Waals surface area contributed by atoms with E-state index in [9.17, 15) is 26.3 Å².